The van der Waals surface area contributed by atoms with Gasteiger partial charge in [0, 0.05) is 23.2 Å². The summed E-state index contributed by atoms with van der Waals surface area (Å²) >= 11 is 1.67. The number of nitrogens with one attached hydrogen (secondary N) is 2. The van der Waals surface area contributed by atoms with Gasteiger partial charge in [0.05, 0.1) is 0 Å². The molecule has 0 fully saturated rings. The molecule has 0 saturated carbocycles. The average Bonchev–Trinajstić information content (AvgIpc) is 2.61. The van der Waals surface area contributed by atoms with Crippen molar-refractivity contribution in [2.45, 2.75) is 30.9 Å². The van der Waals surface area contributed by atoms with Gasteiger partial charge in [-0.1, -0.05) is 18.2 Å². The lowest BCUT2D eigenvalue weighted by Crippen LogP contribution is -2.43. The van der Waals surface area contributed by atoms with E-state index in [1.165, 1.54) is 4.90 Å². The third-order valence-corrected chi connectivity index (χ3v) is 4.26. The predicted octanol–water partition coefficient (Wildman–Crippen LogP) is 3.79. The Balaban J connectivity index is 1.77. The van der Waals surface area contributed by atoms with Gasteiger partial charge in [-0.3, -0.25) is 4.79 Å². The first kappa shape index (κ1) is 18.2. The summed E-state index contributed by atoms with van der Waals surface area (Å²) in [5.41, 5.74) is 1.04. The molecule has 0 aliphatic carbocycles. The van der Waals surface area contributed by atoms with Crippen LogP contribution in [0.3, 0.4) is 0 Å². The SMILES string of the molecule is CSc1ccc(OC(C)C(=O)NC(C)CNc2ccccc2)cc1. The summed E-state index contributed by atoms with van der Waals surface area (Å²) in [4.78, 5) is 13.4. The number of anilines is 1. The smallest absolute Gasteiger partial charge is 0.261 e. The number of thioether (sulfide) groups is 1. The van der Waals surface area contributed by atoms with Crippen LogP contribution < -0.4 is 15.4 Å². The van der Waals surface area contributed by atoms with E-state index in [9.17, 15) is 4.79 Å². The zero-order valence-electron chi connectivity index (χ0n) is 14.3. The van der Waals surface area contributed by atoms with Gasteiger partial charge in [0.1, 0.15) is 5.75 Å². The summed E-state index contributed by atoms with van der Waals surface area (Å²) < 4.78 is 5.70. The molecule has 0 saturated heterocycles. The maximum Gasteiger partial charge on any atom is 0.261 e. The first-order valence-electron chi connectivity index (χ1n) is 7.98. The van der Waals surface area contributed by atoms with Crippen molar-refractivity contribution < 1.29 is 9.53 Å². The molecule has 1 amide bonds. The maximum atomic E-state index is 12.2. The summed E-state index contributed by atoms with van der Waals surface area (Å²) in [5, 5.41) is 6.26. The van der Waals surface area contributed by atoms with E-state index >= 15 is 0 Å². The quantitative estimate of drug-likeness (QED) is 0.715. The molecule has 2 aromatic rings. The van der Waals surface area contributed by atoms with Gasteiger partial charge < -0.3 is 15.4 Å². The van der Waals surface area contributed by atoms with Crippen LogP contribution in [0.5, 0.6) is 5.75 Å². The normalized spacial score (nSPS) is 13.0. The van der Waals surface area contributed by atoms with Crippen LogP contribution in [0.15, 0.2) is 59.5 Å². The van der Waals surface area contributed by atoms with E-state index in [0.29, 0.717) is 12.3 Å². The molecule has 5 heteroatoms. The molecule has 0 heterocycles. The van der Waals surface area contributed by atoms with Gasteiger partial charge in [0.2, 0.25) is 0 Å². The predicted molar refractivity (Wildman–Crippen MR) is 101 cm³/mol. The lowest BCUT2D eigenvalue weighted by atomic mass is 10.2. The summed E-state index contributed by atoms with van der Waals surface area (Å²) in [6.07, 6.45) is 1.49. The summed E-state index contributed by atoms with van der Waals surface area (Å²) in [7, 11) is 0. The maximum absolute atomic E-state index is 12.2. The van der Waals surface area contributed by atoms with Gasteiger partial charge >= 0.3 is 0 Å². The van der Waals surface area contributed by atoms with Gasteiger partial charge in [-0.05, 0) is 56.5 Å². The highest BCUT2D eigenvalue weighted by Crippen LogP contribution is 2.19. The summed E-state index contributed by atoms with van der Waals surface area (Å²) in [6.45, 7) is 4.38. The third-order valence-electron chi connectivity index (χ3n) is 3.52. The van der Waals surface area contributed by atoms with Crippen molar-refractivity contribution in [3.05, 3.63) is 54.6 Å². The Labute approximate surface area is 148 Å². The Kier molecular flexibility index (Phi) is 7.00. The van der Waals surface area contributed by atoms with Crippen molar-refractivity contribution in [2.24, 2.45) is 0 Å². The monoisotopic (exact) mass is 344 g/mol. The fourth-order valence-electron chi connectivity index (χ4n) is 2.15. The molecule has 0 bridgehead atoms. The largest absolute Gasteiger partial charge is 0.481 e. The minimum absolute atomic E-state index is 0.00243. The number of benzene rings is 2. The van der Waals surface area contributed by atoms with Crippen LogP contribution in [0, 0.1) is 0 Å². The van der Waals surface area contributed by atoms with E-state index in [-0.39, 0.29) is 11.9 Å². The molecular weight excluding hydrogens is 320 g/mol. The number of carbonyl (C=O) groups excluding carboxylic acids is 1. The lowest BCUT2D eigenvalue weighted by molar-refractivity contribution is -0.127. The molecule has 0 aliphatic heterocycles. The van der Waals surface area contributed by atoms with E-state index in [2.05, 4.69) is 10.6 Å². The molecule has 2 rings (SSSR count). The molecule has 2 unspecified atom stereocenters. The minimum Gasteiger partial charge on any atom is -0.481 e. The standard InChI is InChI=1S/C19H24N2O2S/c1-14(13-20-16-7-5-4-6-8-16)21-19(22)15(2)23-17-9-11-18(24-3)12-10-17/h4-12,14-15,20H,13H2,1-3H3,(H,21,22). The van der Waals surface area contributed by atoms with E-state index in [1.54, 1.807) is 18.7 Å². The van der Waals surface area contributed by atoms with E-state index in [0.717, 1.165) is 5.69 Å². The van der Waals surface area contributed by atoms with Crippen molar-refractivity contribution in [1.29, 1.82) is 0 Å². The first-order chi connectivity index (χ1) is 11.6. The molecule has 0 radical (unpaired) electrons. The van der Waals surface area contributed by atoms with Crippen LogP contribution in [-0.2, 0) is 4.79 Å². The van der Waals surface area contributed by atoms with Crippen LogP contribution in [0.4, 0.5) is 5.69 Å². The third kappa shape index (κ3) is 5.81. The van der Waals surface area contributed by atoms with Crippen LogP contribution in [0.1, 0.15) is 13.8 Å². The van der Waals surface area contributed by atoms with E-state index in [4.69, 9.17) is 4.74 Å². The number of hydrogen-bond acceptors (Lipinski definition) is 4. The highest BCUT2D eigenvalue weighted by atomic mass is 32.2. The molecule has 2 atom stereocenters. The van der Waals surface area contributed by atoms with Gasteiger partial charge in [-0.25, -0.2) is 0 Å². The van der Waals surface area contributed by atoms with Crippen molar-refractivity contribution >= 4 is 23.4 Å². The number of ether oxygens (including phenoxy) is 1. The second-order valence-corrected chi connectivity index (χ2v) is 6.47. The summed E-state index contributed by atoms with van der Waals surface area (Å²) in [6, 6.07) is 17.7. The first-order valence-corrected chi connectivity index (χ1v) is 9.21. The Hall–Kier alpha value is -2.14. The van der Waals surface area contributed by atoms with Crippen LogP contribution in [0.25, 0.3) is 0 Å². The lowest BCUT2D eigenvalue weighted by Gasteiger charge is -2.19. The molecule has 4 nitrogen and oxygen atoms in total. The Morgan fingerprint density at radius 2 is 1.75 bits per heavy atom. The van der Waals surface area contributed by atoms with Gasteiger partial charge in [0.15, 0.2) is 6.10 Å². The van der Waals surface area contributed by atoms with Crippen LogP contribution >= 0.6 is 11.8 Å². The fraction of sp³-hybridized carbons (Fsp3) is 0.316. The number of hydrogen-bond donors (Lipinski definition) is 2. The second kappa shape index (κ2) is 9.23. The van der Waals surface area contributed by atoms with Crippen molar-refractivity contribution in [3.63, 3.8) is 0 Å². The Morgan fingerprint density at radius 3 is 2.38 bits per heavy atom. The van der Waals surface area contributed by atoms with Gasteiger partial charge in [-0.15, -0.1) is 11.8 Å². The number of para-hydroxylation sites is 1. The van der Waals surface area contributed by atoms with Crippen molar-refractivity contribution in [3.8, 4) is 5.75 Å². The molecule has 0 aliphatic rings. The molecular formula is C19H24N2O2S. The Bertz CT molecular complexity index is 632. The molecule has 128 valence electrons. The zero-order valence-corrected chi connectivity index (χ0v) is 15.1. The molecule has 24 heavy (non-hydrogen) atoms. The van der Waals surface area contributed by atoms with Gasteiger partial charge in [-0.2, -0.15) is 0 Å². The van der Waals surface area contributed by atoms with Crippen molar-refractivity contribution in [2.75, 3.05) is 18.1 Å². The molecule has 2 N–H and O–H groups in total. The zero-order chi connectivity index (χ0) is 17.4. The topological polar surface area (TPSA) is 50.4 Å². The van der Waals surface area contributed by atoms with E-state index in [1.807, 2.05) is 67.8 Å². The molecule has 0 spiro atoms. The van der Waals surface area contributed by atoms with Gasteiger partial charge in [0.25, 0.3) is 5.91 Å². The highest BCUT2D eigenvalue weighted by molar-refractivity contribution is 7.98. The number of amides is 1. The van der Waals surface area contributed by atoms with Crippen molar-refractivity contribution in [1.82, 2.24) is 5.32 Å². The fourth-order valence-corrected chi connectivity index (χ4v) is 2.56. The molecule has 2 aromatic carbocycles. The highest BCUT2D eigenvalue weighted by Gasteiger charge is 2.16. The molecule has 0 aromatic heterocycles. The van der Waals surface area contributed by atoms with Crippen LogP contribution in [-0.4, -0.2) is 30.9 Å². The number of carbonyl (C=O) groups is 1. The number of rotatable bonds is 8. The average molecular weight is 344 g/mol. The minimum atomic E-state index is -0.538. The second-order valence-electron chi connectivity index (χ2n) is 5.59. The van der Waals surface area contributed by atoms with E-state index < -0.39 is 6.10 Å². The summed E-state index contributed by atoms with van der Waals surface area (Å²) in [5.74, 6) is 0.580. The Morgan fingerprint density at radius 1 is 1.08 bits per heavy atom. The van der Waals surface area contributed by atoms with Crippen LogP contribution in [0.2, 0.25) is 0 Å².